The first kappa shape index (κ1) is 17.7. The maximum absolute atomic E-state index is 12.4. The molecule has 0 unspecified atom stereocenters. The van der Waals surface area contributed by atoms with Crippen molar-refractivity contribution >= 4 is 34.9 Å². The fourth-order valence-electron chi connectivity index (χ4n) is 2.84. The summed E-state index contributed by atoms with van der Waals surface area (Å²) < 4.78 is 6.93. The maximum atomic E-state index is 12.4. The number of nitrogens with two attached hydrogens (primary N) is 1. The van der Waals surface area contributed by atoms with E-state index in [9.17, 15) is 4.79 Å². The molecule has 0 fully saturated rings. The molecule has 0 radical (unpaired) electrons. The molecule has 0 amide bonds. The summed E-state index contributed by atoms with van der Waals surface area (Å²) in [5.74, 6) is 4.98. The molecule has 0 saturated heterocycles. The zero-order valence-electron chi connectivity index (χ0n) is 13.7. The Kier molecular flexibility index (Phi) is 5.22. The second-order valence-corrected chi connectivity index (χ2v) is 6.33. The minimum atomic E-state index is -0.445. The van der Waals surface area contributed by atoms with Crippen LogP contribution < -0.4 is 11.3 Å². The van der Waals surface area contributed by atoms with Crippen molar-refractivity contribution in [3.05, 3.63) is 46.2 Å². The highest BCUT2D eigenvalue weighted by molar-refractivity contribution is 7.80. The SMILES string of the molecule is CCOC(=O)c1nn(-c2ccc(Cl)cc2)c2c1CN(C(=S)NN)CC2. The van der Waals surface area contributed by atoms with Crippen LogP contribution in [0.3, 0.4) is 0 Å². The first-order valence-corrected chi connectivity index (χ1v) is 8.63. The smallest absolute Gasteiger partial charge is 0.359 e. The standard InChI is InChI=1S/C16H18ClN5O2S/c1-2-24-15(23)14-12-9-21(16(25)19-18)8-7-13(12)22(20-14)11-5-3-10(17)4-6-11/h3-6H,2,7-9,18H2,1H3,(H,19,25). The van der Waals surface area contributed by atoms with Gasteiger partial charge in [0.1, 0.15) is 0 Å². The zero-order chi connectivity index (χ0) is 18.0. The molecule has 132 valence electrons. The Morgan fingerprint density at radius 1 is 1.44 bits per heavy atom. The Morgan fingerprint density at radius 2 is 2.16 bits per heavy atom. The Labute approximate surface area is 155 Å². The molecular weight excluding hydrogens is 362 g/mol. The van der Waals surface area contributed by atoms with Crippen LogP contribution in [0.25, 0.3) is 5.69 Å². The average Bonchev–Trinajstić information content (AvgIpc) is 3.01. The molecule has 3 N–H and O–H groups in total. The van der Waals surface area contributed by atoms with Crippen molar-refractivity contribution in [3.8, 4) is 5.69 Å². The summed E-state index contributed by atoms with van der Waals surface area (Å²) in [7, 11) is 0. The number of hydrogen-bond donors (Lipinski definition) is 2. The van der Waals surface area contributed by atoms with E-state index in [1.54, 1.807) is 23.7 Å². The second kappa shape index (κ2) is 7.38. The molecule has 1 aliphatic heterocycles. The Bertz CT molecular complexity index is 806. The van der Waals surface area contributed by atoms with Crippen molar-refractivity contribution in [2.75, 3.05) is 13.2 Å². The van der Waals surface area contributed by atoms with Gasteiger partial charge in [0, 0.05) is 30.1 Å². The molecule has 9 heteroatoms. The molecule has 1 aromatic carbocycles. The number of hydrogen-bond acceptors (Lipinski definition) is 5. The van der Waals surface area contributed by atoms with Gasteiger partial charge in [-0.3, -0.25) is 0 Å². The first-order chi connectivity index (χ1) is 12.0. The number of ether oxygens (including phenoxy) is 1. The van der Waals surface area contributed by atoms with Gasteiger partial charge in [0.15, 0.2) is 10.8 Å². The molecule has 0 aliphatic carbocycles. The molecule has 3 rings (SSSR count). The van der Waals surface area contributed by atoms with E-state index in [-0.39, 0.29) is 6.61 Å². The Balaban J connectivity index is 2.05. The molecule has 0 bridgehead atoms. The van der Waals surface area contributed by atoms with Crippen molar-refractivity contribution in [2.24, 2.45) is 5.84 Å². The van der Waals surface area contributed by atoms with E-state index >= 15 is 0 Å². The van der Waals surface area contributed by atoms with Crippen molar-refractivity contribution in [1.29, 1.82) is 0 Å². The minimum Gasteiger partial charge on any atom is -0.461 e. The lowest BCUT2D eigenvalue weighted by atomic mass is 10.1. The van der Waals surface area contributed by atoms with Crippen LogP contribution in [0.5, 0.6) is 0 Å². The van der Waals surface area contributed by atoms with Gasteiger partial charge in [-0.05, 0) is 43.4 Å². The molecule has 25 heavy (non-hydrogen) atoms. The first-order valence-electron chi connectivity index (χ1n) is 7.84. The average molecular weight is 380 g/mol. The van der Waals surface area contributed by atoms with E-state index < -0.39 is 5.97 Å². The third-order valence-corrected chi connectivity index (χ3v) is 4.64. The number of thiocarbonyl (C=S) groups is 1. The Morgan fingerprint density at radius 3 is 2.80 bits per heavy atom. The van der Waals surface area contributed by atoms with E-state index in [4.69, 9.17) is 34.4 Å². The molecule has 1 aliphatic rings. The lowest BCUT2D eigenvalue weighted by Gasteiger charge is -2.29. The van der Waals surface area contributed by atoms with Crippen molar-refractivity contribution in [2.45, 2.75) is 19.9 Å². The van der Waals surface area contributed by atoms with Gasteiger partial charge in [-0.1, -0.05) is 11.6 Å². The van der Waals surface area contributed by atoms with E-state index in [2.05, 4.69) is 10.5 Å². The largest absolute Gasteiger partial charge is 0.461 e. The fourth-order valence-corrected chi connectivity index (χ4v) is 3.12. The van der Waals surface area contributed by atoms with Gasteiger partial charge in [-0.25, -0.2) is 15.3 Å². The van der Waals surface area contributed by atoms with Crippen LogP contribution in [-0.4, -0.2) is 38.9 Å². The molecule has 1 aromatic heterocycles. The van der Waals surface area contributed by atoms with E-state index in [1.165, 1.54) is 0 Å². The van der Waals surface area contributed by atoms with Crippen LogP contribution in [0.15, 0.2) is 24.3 Å². The van der Waals surface area contributed by atoms with Gasteiger partial charge in [0.25, 0.3) is 0 Å². The molecule has 2 aromatic rings. The van der Waals surface area contributed by atoms with Crippen LogP contribution in [0.2, 0.25) is 5.02 Å². The summed E-state index contributed by atoms with van der Waals surface area (Å²) in [6, 6.07) is 7.31. The van der Waals surface area contributed by atoms with Crippen LogP contribution in [0, 0.1) is 0 Å². The van der Waals surface area contributed by atoms with Gasteiger partial charge in [0.2, 0.25) is 0 Å². The minimum absolute atomic E-state index is 0.286. The summed E-state index contributed by atoms with van der Waals surface area (Å²) in [6.45, 7) is 3.17. The van der Waals surface area contributed by atoms with Crippen LogP contribution in [0.1, 0.15) is 28.7 Å². The number of rotatable bonds is 3. The molecular formula is C16H18ClN5O2S. The molecule has 0 atom stereocenters. The van der Waals surface area contributed by atoms with Gasteiger partial charge in [0.05, 0.1) is 18.0 Å². The summed E-state index contributed by atoms with van der Waals surface area (Å²) in [6.07, 6.45) is 0.673. The molecule has 0 saturated carbocycles. The highest BCUT2D eigenvalue weighted by Crippen LogP contribution is 2.26. The number of halogens is 1. The number of nitrogens with zero attached hydrogens (tertiary/aromatic N) is 3. The van der Waals surface area contributed by atoms with Crippen LogP contribution >= 0.6 is 23.8 Å². The number of fused-ring (bicyclic) bond motifs is 1. The van der Waals surface area contributed by atoms with Crippen molar-refractivity contribution in [1.82, 2.24) is 20.1 Å². The molecule has 7 nitrogen and oxygen atoms in total. The zero-order valence-corrected chi connectivity index (χ0v) is 15.2. The summed E-state index contributed by atoms with van der Waals surface area (Å²) in [4.78, 5) is 14.2. The number of carbonyl (C=O) groups is 1. The predicted octanol–water partition coefficient (Wildman–Crippen LogP) is 1.81. The van der Waals surface area contributed by atoms with E-state index in [0.717, 1.165) is 16.9 Å². The highest BCUT2D eigenvalue weighted by Gasteiger charge is 2.30. The van der Waals surface area contributed by atoms with Gasteiger partial charge in [-0.2, -0.15) is 5.10 Å². The lowest BCUT2D eigenvalue weighted by Crippen LogP contribution is -2.45. The lowest BCUT2D eigenvalue weighted by molar-refractivity contribution is 0.0517. The van der Waals surface area contributed by atoms with Gasteiger partial charge >= 0.3 is 5.97 Å². The second-order valence-electron chi connectivity index (χ2n) is 5.50. The number of hydrazine groups is 1. The number of carbonyl (C=O) groups excluding carboxylic acids is 1. The molecule has 0 spiro atoms. The predicted molar refractivity (Wildman–Crippen MR) is 98.6 cm³/mol. The topological polar surface area (TPSA) is 85.4 Å². The summed E-state index contributed by atoms with van der Waals surface area (Å²) >= 11 is 11.2. The normalized spacial score (nSPS) is 13.3. The number of nitrogens with one attached hydrogen (secondary N) is 1. The monoisotopic (exact) mass is 379 g/mol. The van der Waals surface area contributed by atoms with Gasteiger partial charge < -0.3 is 15.1 Å². The Hall–Kier alpha value is -2.16. The summed E-state index contributed by atoms with van der Waals surface area (Å²) in [5, 5.41) is 5.58. The number of aromatic nitrogens is 2. The fraction of sp³-hybridized carbons (Fsp3) is 0.312. The van der Waals surface area contributed by atoms with E-state index in [1.807, 2.05) is 17.0 Å². The summed E-state index contributed by atoms with van der Waals surface area (Å²) in [5.41, 5.74) is 5.39. The quantitative estimate of drug-likeness (QED) is 0.364. The van der Waals surface area contributed by atoms with Gasteiger partial charge in [-0.15, -0.1) is 0 Å². The third-order valence-electron chi connectivity index (χ3n) is 4.01. The molecule has 2 heterocycles. The van der Waals surface area contributed by atoms with Crippen molar-refractivity contribution in [3.63, 3.8) is 0 Å². The number of benzene rings is 1. The van der Waals surface area contributed by atoms with Crippen molar-refractivity contribution < 1.29 is 9.53 Å². The van der Waals surface area contributed by atoms with Crippen LogP contribution in [0.4, 0.5) is 0 Å². The van der Waals surface area contributed by atoms with Crippen LogP contribution in [-0.2, 0) is 17.7 Å². The number of esters is 1. The maximum Gasteiger partial charge on any atom is 0.359 e. The third kappa shape index (κ3) is 3.46. The van der Waals surface area contributed by atoms with E-state index in [0.29, 0.717) is 35.3 Å². The highest BCUT2D eigenvalue weighted by atomic mass is 35.5.